The molecule has 0 unspecified atom stereocenters. The van der Waals surface area contributed by atoms with Crippen molar-refractivity contribution in [2.24, 2.45) is 0 Å². The maximum Gasteiger partial charge on any atom is 0.229 e. The van der Waals surface area contributed by atoms with Crippen LogP contribution in [0.25, 0.3) is 0 Å². The first-order valence-corrected chi connectivity index (χ1v) is 6.34. The smallest absolute Gasteiger partial charge is 0.229 e. The Labute approximate surface area is 101 Å². The molecule has 0 aliphatic carbocycles. The molecule has 0 N–H and O–H groups in total. The molecule has 2 amide bonds. The first kappa shape index (κ1) is 12.5. The highest BCUT2D eigenvalue weighted by atomic mass is 16.7. The molecule has 2 aliphatic rings. The number of ether oxygens (including phenoxy) is 2. The number of likely N-dealkylation sites (tertiary alicyclic amines) is 1. The second kappa shape index (κ2) is 6.12. The SMILES string of the molecule is O=C1CCCCC(=O)N1CCC1OCCCO1. The van der Waals surface area contributed by atoms with Gasteiger partial charge in [-0.3, -0.25) is 14.5 Å². The zero-order valence-corrected chi connectivity index (χ0v) is 10.0. The van der Waals surface area contributed by atoms with Crippen molar-refractivity contribution in [1.82, 2.24) is 4.90 Å². The molecule has 96 valence electrons. The molecule has 0 aromatic heterocycles. The predicted octanol–water partition coefficient (Wildman–Crippen LogP) is 1.07. The van der Waals surface area contributed by atoms with Crippen molar-refractivity contribution in [2.75, 3.05) is 19.8 Å². The molecule has 0 radical (unpaired) electrons. The van der Waals surface area contributed by atoms with Gasteiger partial charge in [0.05, 0.1) is 13.2 Å². The molecule has 0 aromatic rings. The molecule has 0 spiro atoms. The van der Waals surface area contributed by atoms with Crippen LogP contribution in [0.5, 0.6) is 0 Å². The number of rotatable bonds is 3. The third-order valence-electron chi connectivity index (χ3n) is 3.12. The van der Waals surface area contributed by atoms with Crippen LogP contribution in [0.2, 0.25) is 0 Å². The van der Waals surface area contributed by atoms with Gasteiger partial charge in [-0.15, -0.1) is 0 Å². The van der Waals surface area contributed by atoms with Crippen LogP contribution >= 0.6 is 0 Å². The van der Waals surface area contributed by atoms with Gasteiger partial charge in [0.25, 0.3) is 0 Å². The van der Waals surface area contributed by atoms with E-state index >= 15 is 0 Å². The van der Waals surface area contributed by atoms with Gasteiger partial charge in [-0.1, -0.05) is 0 Å². The monoisotopic (exact) mass is 241 g/mol. The molecule has 17 heavy (non-hydrogen) atoms. The number of hydrogen-bond donors (Lipinski definition) is 0. The molecule has 2 fully saturated rings. The summed E-state index contributed by atoms with van der Waals surface area (Å²) in [5.74, 6) is -0.105. The van der Waals surface area contributed by atoms with Crippen LogP contribution in [-0.2, 0) is 19.1 Å². The average molecular weight is 241 g/mol. The zero-order valence-electron chi connectivity index (χ0n) is 10.0. The number of carbonyl (C=O) groups excluding carboxylic acids is 2. The van der Waals surface area contributed by atoms with E-state index in [1.54, 1.807) is 0 Å². The molecule has 2 saturated heterocycles. The van der Waals surface area contributed by atoms with Crippen LogP contribution in [0.1, 0.15) is 38.5 Å². The summed E-state index contributed by atoms with van der Waals surface area (Å²) in [5.41, 5.74) is 0. The maximum absolute atomic E-state index is 11.7. The van der Waals surface area contributed by atoms with Crippen molar-refractivity contribution in [3.63, 3.8) is 0 Å². The van der Waals surface area contributed by atoms with Crippen LogP contribution in [-0.4, -0.2) is 42.8 Å². The molecule has 2 rings (SSSR count). The van der Waals surface area contributed by atoms with E-state index < -0.39 is 0 Å². The summed E-state index contributed by atoms with van der Waals surface area (Å²) in [6.07, 6.45) is 3.84. The average Bonchev–Trinajstić information content (AvgIpc) is 2.50. The van der Waals surface area contributed by atoms with E-state index in [2.05, 4.69) is 0 Å². The molecule has 2 heterocycles. The van der Waals surface area contributed by atoms with Gasteiger partial charge in [0.1, 0.15) is 0 Å². The second-order valence-corrected chi connectivity index (χ2v) is 4.46. The van der Waals surface area contributed by atoms with Crippen LogP contribution in [0.3, 0.4) is 0 Å². The highest BCUT2D eigenvalue weighted by Gasteiger charge is 2.25. The van der Waals surface area contributed by atoms with Crippen molar-refractivity contribution in [2.45, 2.75) is 44.8 Å². The lowest BCUT2D eigenvalue weighted by atomic mass is 10.2. The molecule has 0 atom stereocenters. The second-order valence-electron chi connectivity index (χ2n) is 4.46. The predicted molar refractivity (Wildman–Crippen MR) is 60.1 cm³/mol. The molecule has 0 bridgehead atoms. The third-order valence-corrected chi connectivity index (χ3v) is 3.12. The number of nitrogens with zero attached hydrogens (tertiary/aromatic N) is 1. The summed E-state index contributed by atoms with van der Waals surface area (Å²) in [4.78, 5) is 24.8. The number of imide groups is 1. The Balaban J connectivity index is 1.82. The normalized spacial score (nSPS) is 23.9. The van der Waals surface area contributed by atoms with Gasteiger partial charge in [-0.05, 0) is 19.3 Å². The molecular weight excluding hydrogens is 222 g/mol. The Bertz CT molecular complexity index is 268. The minimum atomic E-state index is -0.257. The number of carbonyl (C=O) groups is 2. The van der Waals surface area contributed by atoms with Gasteiger partial charge in [-0.25, -0.2) is 0 Å². The lowest BCUT2D eigenvalue weighted by molar-refractivity contribution is -0.183. The maximum atomic E-state index is 11.7. The highest BCUT2D eigenvalue weighted by Crippen LogP contribution is 2.15. The van der Waals surface area contributed by atoms with Gasteiger partial charge in [0, 0.05) is 25.8 Å². The topological polar surface area (TPSA) is 55.8 Å². The lowest BCUT2D eigenvalue weighted by Crippen LogP contribution is -2.38. The van der Waals surface area contributed by atoms with Crippen LogP contribution < -0.4 is 0 Å². The van der Waals surface area contributed by atoms with Crippen LogP contribution in [0.15, 0.2) is 0 Å². The minimum Gasteiger partial charge on any atom is -0.353 e. The highest BCUT2D eigenvalue weighted by molar-refractivity contribution is 5.95. The Morgan fingerprint density at radius 2 is 1.59 bits per heavy atom. The first-order valence-electron chi connectivity index (χ1n) is 6.34. The summed E-state index contributed by atoms with van der Waals surface area (Å²) in [5, 5.41) is 0. The van der Waals surface area contributed by atoms with Gasteiger partial charge >= 0.3 is 0 Å². The molecule has 0 aromatic carbocycles. The van der Waals surface area contributed by atoms with E-state index in [9.17, 15) is 9.59 Å². The number of amides is 2. The fourth-order valence-electron chi connectivity index (χ4n) is 2.15. The zero-order chi connectivity index (χ0) is 12.1. The van der Waals surface area contributed by atoms with Crippen molar-refractivity contribution in [3.8, 4) is 0 Å². The van der Waals surface area contributed by atoms with E-state index in [1.807, 2.05) is 0 Å². The van der Waals surface area contributed by atoms with Gasteiger partial charge in [-0.2, -0.15) is 0 Å². The quantitative estimate of drug-likeness (QED) is 0.693. The van der Waals surface area contributed by atoms with Crippen molar-refractivity contribution in [3.05, 3.63) is 0 Å². The fourth-order valence-corrected chi connectivity index (χ4v) is 2.15. The standard InChI is InChI=1S/C12H19NO4/c14-10-4-1-2-5-11(15)13(10)7-6-12-16-8-3-9-17-12/h12H,1-9H2. The van der Waals surface area contributed by atoms with Gasteiger partial charge in [0.15, 0.2) is 6.29 Å². The summed E-state index contributed by atoms with van der Waals surface area (Å²) in [6, 6.07) is 0. The van der Waals surface area contributed by atoms with Crippen LogP contribution in [0, 0.1) is 0 Å². The van der Waals surface area contributed by atoms with E-state index in [4.69, 9.17) is 9.47 Å². The Kier molecular flexibility index (Phi) is 4.50. The summed E-state index contributed by atoms with van der Waals surface area (Å²) < 4.78 is 10.8. The third kappa shape index (κ3) is 3.51. The first-order chi connectivity index (χ1) is 8.27. The Morgan fingerprint density at radius 1 is 1.00 bits per heavy atom. The van der Waals surface area contributed by atoms with Crippen molar-refractivity contribution in [1.29, 1.82) is 0 Å². The largest absolute Gasteiger partial charge is 0.353 e. The lowest BCUT2D eigenvalue weighted by Gasteiger charge is -2.26. The minimum absolute atomic E-state index is 0.0525. The molecule has 5 heteroatoms. The van der Waals surface area contributed by atoms with Crippen molar-refractivity contribution < 1.29 is 19.1 Å². The Morgan fingerprint density at radius 3 is 2.18 bits per heavy atom. The number of hydrogen-bond acceptors (Lipinski definition) is 4. The molecular formula is C12H19NO4. The summed E-state index contributed by atoms with van der Waals surface area (Å²) >= 11 is 0. The molecule has 2 aliphatic heterocycles. The molecule has 0 saturated carbocycles. The van der Waals surface area contributed by atoms with E-state index in [1.165, 1.54) is 4.90 Å². The van der Waals surface area contributed by atoms with Crippen LogP contribution in [0.4, 0.5) is 0 Å². The van der Waals surface area contributed by atoms with E-state index in [-0.39, 0.29) is 18.1 Å². The molecule has 5 nitrogen and oxygen atoms in total. The summed E-state index contributed by atoms with van der Waals surface area (Å²) in [7, 11) is 0. The Hall–Kier alpha value is -0.940. The van der Waals surface area contributed by atoms with Crippen molar-refractivity contribution >= 4 is 11.8 Å². The van der Waals surface area contributed by atoms with E-state index in [0.717, 1.165) is 19.3 Å². The van der Waals surface area contributed by atoms with E-state index in [0.29, 0.717) is 39.0 Å². The van der Waals surface area contributed by atoms with Gasteiger partial charge in [0.2, 0.25) is 11.8 Å². The fraction of sp³-hybridized carbons (Fsp3) is 0.833. The summed E-state index contributed by atoms with van der Waals surface area (Å²) in [6.45, 7) is 1.82. The van der Waals surface area contributed by atoms with Gasteiger partial charge < -0.3 is 9.47 Å².